The molecule has 1 aromatic carbocycles. The van der Waals surface area contributed by atoms with E-state index in [-0.39, 0.29) is 11.4 Å². The van der Waals surface area contributed by atoms with E-state index < -0.39 is 0 Å². The largest absolute Gasteiger partial charge is 0.350 e. The van der Waals surface area contributed by atoms with Crippen molar-refractivity contribution in [2.75, 3.05) is 20.6 Å². The lowest BCUT2D eigenvalue weighted by molar-refractivity contribution is 0.0869. The third-order valence-corrected chi connectivity index (χ3v) is 5.30. The second-order valence-corrected chi connectivity index (χ2v) is 7.02. The van der Waals surface area contributed by atoms with Crippen molar-refractivity contribution >= 4 is 5.91 Å². The summed E-state index contributed by atoms with van der Waals surface area (Å²) < 4.78 is 1.56. The van der Waals surface area contributed by atoms with Crippen LogP contribution in [-0.2, 0) is 0 Å². The quantitative estimate of drug-likeness (QED) is 0.842. The fourth-order valence-electron chi connectivity index (χ4n) is 3.56. The Morgan fingerprint density at radius 3 is 2.40 bits per heavy atom. The first-order valence-electron chi connectivity index (χ1n) is 8.90. The molecule has 1 N–H and O–H groups in total. The Hall–Kier alpha value is -2.28. The van der Waals surface area contributed by atoms with E-state index in [0.29, 0.717) is 12.1 Å². The molecule has 25 heavy (non-hydrogen) atoms. The minimum absolute atomic E-state index is 0.0336. The fourth-order valence-corrected chi connectivity index (χ4v) is 3.56. The molecule has 1 aromatic heterocycles. The van der Waals surface area contributed by atoms with E-state index >= 15 is 0 Å². The molecule has 0 radical (unpaired) electrons. The van der Waals surface area contributed by atoms with Crippen molar-refractivity contribution in [3.8, 4) is 5.69 Å². The molecular formula is C18H26N6O. The molecule has 1 saturated carbocycles. The van der Waals surface area contributed by atoms with E-state index in [1.807, 2.05) is 24.3 Å². The number of amides is 1. The summed E-state index contributed by atoms with van der Waals surface area (Å²) in [7, 11) is 4.25. The number of carbonyl (C=O) groups excluding carboxylic acids is 1. The van der Waals surface area contributed by atoms with Gasteiger partial charge in [0.2, 0.25) is 0 Å². The summed E-state index contributed by atoms with van der Waals surface area (Å²) in [4.78, 5) is 14.9. The molecule has 0 unspecified atom stereocenters. The van der Waals surface area contributed by atoms with Gasteiger partial charge in [-0.05, 0) is 61.6 Å². The van der Waals surface area contributed by atoms with Gasteiger partial charge in [-0.3, -0.25) is 4.79 Å². The SMILES string of the molecule is CN(C)C1(CNC(=O)c2ccc(-n3cnnn3)cc2)CCCCCC1. The molecule has 7 heteroatoms. The Kier molecular flexibility index (Phi) is 5.43. The predicted octanol–water partition coefficient (Wildman–Crippen LogP) is 2.05. The van der Waals surface area contributed by atoms with Crippen molar-refractivity contribution in [3.63, 3.8) is 0 Å². The lowest BCUT2D eigenvalue weighted by Gasteiger charge is -2.39. The number of nitrogens with one attached hydrogen (secondary N) is 1. The number of rotatable bonds is 5. The highest BCUT2D eigenvalue weighted by atomic mass is 16.1. The molecule has 0 bridgehead atoms. The van der Waals surface area contributed by atoms with Gasteiger partial charge in [0, 0.05) is 17.6 Å². The molecular weight excluding hydrogens is 316 g/mol. The molecule has 1 heterocycles. The molecule has 134 valence electrons. The molecule has 0 spiro atoms. The number of hydrogen-bond donors (Lipinski definition) is 1. The van der Waals surface area contributed by atoms with Crippen LogP contribution in [0, 0.1) is 0 Å². The lowest BCUT2D eigenvalue weighted by Crippen LogP contribution is -2.52. The number of tetrazole rings is 1. The molecule has 2 aromatic rings. The third-order valence-electron chi connectivity index (χ3n) is 5.30. The van der Waals surface area contributed by atoms with Crippen LogP contribution in [0.5, 0.6) is 0 Å². The summed E-state index contributed by atoms with van der Waals surface area (Å²) in [6, 6.07) is 7.31. The molecule has 0 aliphatic heterocycles. The van der Waals surface area contributed by atoms with Gasteiger partial charge in [0.25, 0.3) is 5.91 Å². The van der Waals surface area contributed by atoms with E-state index in [2.05, 4.69) is 39.8 Å². The molecule has 1 amide bonds. The van der Waals surface area contributed by atoms with Crippen molar-refractivity contribution < 1.29 is 4.79 Å². The minimum atomic E-state index is -0.0336. The van der Waals surface area contributed by atoms with Crippen molar-refractivity contribution in [1.29, 1.82) is 0 Å². The zero-order valence-electron chi connectivity index (χ0n) is 15.0. The van der Waals surface area contributed by atoms with Gasteiger partial charge in [0.15, 0.2) is 0 Å². The second kappa shape index (κ2) is 7.74. The highest BCUT2D eigenvalue weighted by Crippen LogP contribution is 2.30. The van der Waals surface area contributed by atoms with E-state index in [4.69, 9.17) is 0 Å². The topological polar surface area (TPSA) is 75.9 Å². The molecule has 7 nitrogen and oxygen atoms in total. The average Bonchev–Trinajstić information content (AvgIpc) is 3.05. The highest BCUT2D eigenvalue weighted by Gasteiger charge is 2.33. The first-order valence-corrected chi connectivity index (χ1v) is 8.90. The minimum Gasteiger partial charge on any atom is -0.350 e. The average molecular weight is 342 g/mol. The van der Waals surface area contributed by atoms with Crippen LogP contribution in [0.2, 0.25) is 0 Å². The van der Waals surface area contributed by atoms with Gasteiger partial charge < -0.3 is 10.2 Å². The predicted molar refractivity (Wildman–Crippen MR) is 95.6 cm³/mol. The molecule has 3 rings (SSSR count). The summed E-state index contributed by atoms with van der Waals surface area (Å²) in [6.45, 7) is 0.688. The third kappa shape index (κ3) is 4.04. The summed E-state index contributed by atoms with van der Waals surface area (Å²) in [5.74, 6) is -0.0336. The van der Waals surface area contributed by atoms with Crippen LogP contribution in [0.25, 0.3) is 5.69 Å². The summed E-state index contributed by atoms with van der Waals surface area (Å²) in [6.07, 6.45) is 8.85. The second-order valence-electron chi connectivity index (χ2n) is 7.02. The van der Waals surface area contributed by atoms with Crippen LogP contribution in [0.1, 0.15) is 48.9 Å². The lowest BCUT2D eigenvalue weighted by atomic mass is 9.88. The van der Waals surface area contributed by atoms with E-state index in [1.54, 1.807) is 4.68 Å². The number of carbonyl (C=O) groups is 1. The van der Waals surface area contributed by atoms with Gasteiger partial charge in [-0.15, -0.1) is 5.10 Å². The van der Waals surface area contributed by atoms with Gasteiger partial charge in [-0.1, -0.05) is 25.7 Å². The number of nitrogens with zero attached hydrogens (tertiary/aromatic N) is 5. The number of benzene rings is 1. The zero-order valence-corrected chi connectivity index (χ0v) is 15.0. The van der Waals surface area contributed by atoms with E-state index in [0.717, 1.165) is 18.5 Å². The molecule has 0 saturated heterocycles. The van der Waals surface area contributed by atoms with E-state index in [9.17, 15) is 4.79 Å². The molecule has 1 fully saturated rings. The van der Waals surface area contributed by atoms with Gasteiger partial charge in [0.05, 0.1) is 5.69 Å². The number of aromatic nitrogens is 4. The van der Waals surface area contributed by atoms with Crippen LogP contribution in [0.15, 0.2) is 30.6 Å². The van der Waals surface area contributed by atoms with Crippen molar-refractivity contribution in [3.05, 3.63) is 36.2 Å². The first kappa shape index (κ1) is 17.5. The maximum atomic E-state index is 12.6. The first-order chi connectivity index (χ1) is 12.1. The maximum absolute atomic E-state index is 12.6. The van der Waals surface area contributed by atoms with Gasteiger partial charge in [-0.2, -0.15) is 0 Å². The van der Waals surface area contributed by atoms with Crippen LogP contribution in [-0.4, -0.2) is 57.2 Å². The van der Waals surface area contributed by atoms with E-state index in [1.165, 1.54) is 32.0 Å². The Morgan fingerprint density at radius 2 is 1.84 bits per heavy atom. The van der Waals surface area contributed by atoms with Crippen LogP contribution >= 0.6 is 0 Å². The fraction of sp³-hybridized carbons (Fsp3) is 0.556. The van der Waals surface area contributed by atoms with Gasteiger partial charge in [-0.25, -0.2) is 4.68 Å². The van der Waals surface area contributed by atoms with Crippen LogP contribution < -0.4 is 5.32 Å². The van der Waals surface area contributed by atoms with Crippen molar-refractivity contribution in [2.45, 2.75) is 44.1 Å². The van der Waals surface area contributed by atoms with Gasteiger partial charge >= 0.3 is 0 Å². The Labute approximate surface area is 148 Å². The standard InChI is InChI=1S/C18H26N6O/c1-23(2)18(11-5-3-4-6-12-18)13-19-17(25)15-7-9-16(10-8-15)24-14-20-21-22-24/h7-10,14H,3-6,11-13H2,1-2H3,(H,19,25). The molecule has 0 atom stereocenters. The zero-order chi connectivity index (χ0) is 17.7. The number of likely N-dealkylation sites (N-methyl/N-ethyl adjacent to an activating group) is 1. The van der Waals surface area contributed by atoms with Gasteiger partial charge in [0.1, 0.15) is 6.33 Å². The normalized spacial score (nSPS) is 17.2. The summed E-state index contributed by atoms with van der Waals surface area (Å²) in [5.41, 5.74) is 1.55. The summed E-state index contributed by atoms with van der Waals surface area (Å²) in [5, 5.41) is 14.2. The highest BCUT2D eigenvalue weighted by molar-refractivity contribution is 5.94. The smallest absolute Gasteiger partial charge is 0.251 e. The Balaban J connectivity index is 1.65. The van der Waals surface area contributed by atoms with Crippen LogP contribution in [0.3, 0.4) is 0 Å². The number of hydrogen-bond acceptors (Lipinski definition) is 5. The monoisotopic (exact) mass is 342 g/mol. The summed E-state index contributed by atoms with van der Waals surface area (Å²) >= 11 is 0. The molecule has 1 aliphatic rings. The van der Waals surface area contributed by atoms with Crippen LogP contribution in [0.4, 0.5) is 0 Å². The van der Waals surface area contributed by atoms with Crippen molar-refractivity contribution in [2.24, 2.45) is 0 Å². The Morgan fingerprint density at radius 1 is 1.16 bits per heavy atom. The van der Waals surface area contributed by atoms with Crippen molar-refractivity contribution in [1.82, 2.24) is 30.4 Å². The maximum Gasteiger partial charge on any atom is 0.251 e. The molecule has 1 aliphatic carbocycles. The Bertz CT molecular complexity index is 672.